The molecule has 4 rings (SSSR count). The highest BCUT2D eigenvalue weighted by Crippen LogP contribution is 2.38. The summed E-state index contributed by atoms with van der Waals surface area (Å²) in [4.78, 5) is 2.51. The maximum Gasteiger partial charge on any atom is 0.130 e. The van der Waals surface area contributed by atoms with Crippen LogP contribution in [-0.2, 0) is 12.0 Å². The van der Waals surface area contributed by atoms with Crippen molar-refractivity contribution in [1.29, 1.82) is 0 Å². The van der Waals surface area contributed by atoms with Crippen molar-refractivity contribution in [2.45, 2.75) is 37.3 Å². The van der Waals surface area contributed by atoms with E-state index in [9.17, 15) is 5.11 Å². The average molecular weight is 372 g/mol. The maximum atomic E-state index is 12.4. The van der Waals surface area contributed by atoms with Gasteiger partial charge in [-0.2, -0.15) is 0 Å². The molecule has 0 unspecified atom stereocenters. The Balaban J connectivity index is 1.83. The van der Waals surface area contributed by atoms with Crippen LogP contribution in [0.5, 0.6) is 0 Å². The second-order valence-corrected chi connectivity index (χ2v) is 7.80. The van der Waals surface area contributed by atoms with Gasteiger partial charge in [-0.25, -0.2) is 0 Å². The largest absolute Gasteiger partial charge is 0.379 e. The smallest absolute Gasteiger partial charge is 0.130 e. The Bertz CT molecular complexity index is 802. The number of hydrogen-bond donors (Lipinski definition) is 1. The Hall–Kier alpha value is -2.42. The first-order valence-corrected chi connectivity index (χ1v) is 10.4. The molecule has 0 saturated carbocycles. The Labute approximate surface area is 168 Å². The number of rotatable bonds is 6. The first kappa shape index (κ1) is 18.9. The van der Waals surface area contributed by atoms with E-state index in [4.69, 9.17) is 0 Å². The Morgan fingerprint density at radius 3 is 1.64 bits per heavy atom. The van der Waals surface area contributed by atoms with Crippen LogP contribution in [-0.4, -0.2) is 29.1 Å². The molecule has 0 spiro atoms. The Morgan fingerprint density at radius 1 is 0.679 bits per heavy atom. The molecule has 1 fully saturated rings. The number of benzene rings is 3. The molecule has 2 nitrogen and oxygen atoms in total. The molecule has 144 valence electrons. The van der Waals surface area contributed by atoms with Gasteiger partial charge < -0.3 is 5.11 Å². The maximum absolute atomic E-state index is 12.4. The van der Waals surface area contributed by atoms with Crippen LogP contribution in [0.4, 0.5) is 0 Å². The van der Waals surface area contributed by atoms with Crippen molar-refractivity contribution in [3.63, 3.8) is 0 Å². The zero-order valence-electron chi connectivity index (χ0n) is 16.4. The summed E-state index contributed by atoms with van der Waals surface area (Å²) < 4.78 is 0. The topological polar surface area (TPSA) is 23.5 Å². The third-order valence-corrected chi connectivity index (χ3v) is 6.01. The van der Waals surface area contributed by atoms with E-state index in [1.807, 2.05) is 36.4 Å². The van der Waals surface area contributed by atoms with Crippen LogP contribution in [0.15, 0.2) is 91.0 Å². The first-order valence-electron chi connectivity index (χ1n) is 10.4. The van der Waals surface area contributed by atoms with E-state index >= 15 is 0 Å². The highest BCUT2D eigenvalue weighted by molar-refractivity contribution is 5.39. The fourth-order valence-electron chi connectivity index (χ4n) is 4.54. The van der Waals surface area contributed by atoms with Crippen molar-refractivity contribution >= 4 is 0 Å². The molecule has 0 aliphatic carbocycles. The Kier molecular flexibility index (Phi) is 5.90. The highest BCUT2D eigenvalue weighted by atomic mass is 16.3. The van der Waals surface area contributed by atoms with Gasteiger partial charge in [0.1, 0.15) is 5.60 Å². The molecule has 0 amide bonds. The molecule has 0 bridgehead atoms. The van der Waals surface area contributed by atoms with Gasteiger partial charge in [-0.1, -0.05) is 97.4 Å². The zero-order chi connectivity index (χ0) is 19.2. The normalized spacial score (nSPS) is 16.6. The van der Waals surface area contributed by atoms with Crippen molar-refractivity contribution < 1.29 is 5.11 Å². The Morgan fingerprint density at radius 2 is 1.14 bits per heavy atom. The van der Waals surface area contributed by atoms with E-state index in [-0.39, 0.29) is 6.04 Å². The van der Waals surface area contributed by atoms with E-state index in [1.165, 1.54) is 24.8 Å². The number of piperidine rings is 1. The van der Waals surface area contributed by atoms with Crippen LogP contribution < -0.4 is 0 Å². The summed E-state index contributed by atoms with van der Waals surface area (Å²) in [7, 11) is 0. The molecule has 0 aromatic heterocycles. The lowest BCUT2D eigenvalue weighted by Gasteiger charge is -2.45. The van der Waals surface area contributed by atoms with Gasteiger partial charge in [-0.15, -0.1) is 0 Å². The standard InChI is InChI=1S/C26H29NO/c28-26(23-15-7-2-8-16-23,24-17-9-3-10-18-24)25(27-19-11-4-12-20-27)21-22-13-5-1-6-14-22/h1-3,5-10,13-18,25,28H,4,11-12,19-21H2/t25-/m0/s1. The molecule has 1 aliphatic heterocycles. The molecule has 1 heterocycles. The monoisotopic (exact) mass is 371 g/mol. The molecule has 1 atom stereocenters. The summed E-state index contributed by atoms with van der Waals surface area (Å²) in [6, 6.07) is 31.0. The van der Waals surface area contributed by atoms with Crippen molar-refractivity contribution in [3.8, 4) is 0 Å². The summed E-state index contributed by atoms with van der Waals surface area (Å²) in [5, 5.41) is 12.4. The summed E-state index contributed by atoms with van der Waals surface area (Å²) in [5.74, 6) is 0. The summed E-state index contributed by atoms with van der Waals surface area (Å²) in [5.41, 5.74) is 2.14. The minimum absolute atomic E-state index is 0.0139. The predicted molar refractivity (Wildman–Crippen MR) is 115 cm³/mol. The third kappa shape index (κ3) is 3.89. The van der Waals surface area contributed by atoms with E-state index in [2.05, 4.69) is 59.5 Å². The highest BCUT2D eigenvalue weighted by Gasteiger charge is 2.43. The molecule has 0 radical (unpaired) electrons. The molecular weight excluding hydrogens is 342 g/mol. The second-order valence-electron chi connectivity index (χ2n) is 7.80. The molecule has 3 aromatic carbocycles. The predicted octanol–water partition coefficient (Wildman–Crippen LogP) is 5.02. The van der Waals surface area contributed by atoms with Crippen molar-refractivity contribution in [1.82, 2.24) is 4.90 Å². The van der Waals surface area contributed by atoms with E-state index in [1.54, 1.807) is 0 Å². The lowest BCUT2D eigenvalue weighted by atomic mass is 9.76. The van der Waals surface area contributed by atoms with Crippen LogP contribution in [0.25, 0.3) is 0 Å². The van der Waals surface area contributed by atoms with Crippen molar-refractivity contribution in [2.75, 3.05) is 13.1 Å². The van der Waals surface area contributed by atoms with Crippen LogP contribution in [0.1, 0.15) is 36.0 Å². The van der Waals surface area contributed by atoms with Gasteiger partial charge in [0.05, 0.1) is 6.04 Å². The zero-order valence-corrected chi connectivity index (χ0v) is 16.4. The quantitative estimate of drug-likeness (QED) is 0.658. The van der Waals surface area contributed by atoms with Gasteiger partial charge in [-0.05, 0) is 49.0 Å². The molecule has 1 saturated heterocycles. The molecule has 2 heteroatoms. The van der Waals surface area contributed by atoms with Crippen molar-refractivity contribution in [2.24, 2.45) is 0 Å². The number of nitrogens with zero attached hydrogens (tertiary/aromatic N) is 1. The third-order valence-electron chi connectivity index (χ3n) is 6.01. The van der Waals surface area contributed by atoms with Gasteiger partial charge in [0.25, 0.3) is 0 Å². The van der Waals surface area contributed by atoms with Gasteiger partial charge in [0.2, 0.25) is 0 Å². The molecule has 3 aromatic rings. The first-order chi connectivity index (χ1) is 13.8. The van der Waals surface area contributed by atoms with Gasteiger partial charge in [0.15, 0.2) is 0 Å². The molecular formula is C26H29NO. The van der Waals surface area contributed by atoms with Crippen LogP contribution in [0.3, 0.4) is 0 Å². The van der Waals surface area contributed by atoms with Crippen LogP contribution in [0.2, 0.25) is 0 Å². The number of hydrogen-bond acceptors (Lipinski definition) is 2. The van der Waals surface area contributed by atoms with Gasteiger partial charge in [0, 0.05) is 0 Å². The fraction of sp³-hybridized carbons (Fsp3) is 0.308. The number of aliphatic hydroxyl groups is 1. The van der Waals surface area contributed by atoms with Crippen LogP contribution in [0, 0.1) is 0 Å². The van der Waals surface area contributed by atoms with Gasteiger partial charge in [-0.3, -0.25) is 4.90 Å². The minimum atomic E-state index is -1.06. The molecule has 28 heavy (non-hydrogen) atoms. The van der Waals surface area contributed by atoms with E-state index < -0.39 is 5.60 Å². The fourth-order valence-corrected chi connectivity index (χ4v) is 4.54. The summed E-state index contributed by atoms with van der Waals surface area (Å²) in [6.07, 6.45) is 4.50. The lowest BCUT2D eigenvalue weighted by Crippen LogP contribution is -2.54. The summed E-state index contributed by atoms with van der Waals surface area (Å²) >= 11 is 0. The van der Waals surface area contributed by atoms with Gasteiger partial charge >= 0.3 is 0 Å². The molecule has 1 N–H and O–H groups in total. The van der Waals surface area contributed by atoms with E-state index in [0.29, 0.717) is 0 Å². The number of likely N-dealkylation sites (tertiary alicyclic amines) is 1. The van der Waals surface area contributed by atoms with Crippen molar-refractivity contribution in [3.05, 3.63) is 108 Å². The molecule has 1 aliphatic rings. The minimum Gasteiger partial charge on any atom is -0.379 e. The lowest BCUT2D eigenvalue weighted by molar-refractivity contribution is -0.0278. The average Bonchev–Trinajstić information content (AvgIpc) is 2.79. The second kappa shape index (κ2) is 8.72. The summed E-state index contributed by atoms with van der Waals surface area (Å²) in [6.45, 7) is 2.08. The van der Waals surface area contributed by atoms with E-state index in [0.717, 1.165) is 30.6 Å². The SMILES string of the molecule is OC(c1ccccc1)(c1ccccc1)[C@H](Cc1ccccc1)N1CCCCC1. The van der Waals surface area contributed by atoms with Crippen LogP contribution >= 0.6 is 0 Å².